The summed E-state index contributed by atoms with van der Waals surface area (Å²) < 4.78 is 0. The van der Waals surface area contributed by atoms with E-state index in [1.807, 2.05) is 0 Å². The number of aliphatic carboxylic acids is 1. The highest BCUT2D eigenvalue weighted by Gasteiger charge is 2.17. The average molecular weight is 232 g/mol. The molecule has 2 amide bonds. The predicted molar refractivity (Wildman–Crippen MR) is 59.1 cm³/mol. The predicted octanol–water partition coefficient (Wildman–Crippen LogP) is 0.167. The van der Waals surface area contributed by atoms with Gasteiger partial charge in [0.2, 0.25) is 0 Å². The van der Waals surface area contributed by atoms with Crippen LogP contribution in [-0.2, 0) is 4.79 Å². The number of urea groups is 1. The summed E-state index contributed by atoms with van der Waals surface area (Å²) in [5.74, 6) is -0.672. The molecule has 6 heteroatoms. The lowest BCUT2D eigenvalue weighted by molar-refractivity contribution is -0.140. The smallest absolute Gasteiger partial charge is 0.328 e. The molecule has 0 heterocycles. The number of carbonyl (C=O) groups excluding carboxylic acids is 1. The van der Waals surface area contributed by atoms with E-state index in [2.05, 4.69) is 24.5 Å². The Morgan fingerprint density at radius 2 is 1.94 bits per heavy atom. The Morgan fingerprint density at radius 3 is 2.38 bits per heavy atom. The number of carbonyl (C=O) groups is 2. The van der Waals surface area contributed by atoms with E-state index in [4.69, 9.17) is 10.2 Å². The lowest BCUT2D eigenvalue weighted by Crippen LogP contribution is -2.48. The third kappa shape index (κ3) is 7.05. The van der Waals surface area contributed by atoms with Crippen LogP contribution in [0.3, 0.4) is 0 Å². The van der Waals surface area contributed by atoms with Crippen molar-refractivity contribution in [2.45, 2.75) is 32.7 Å². The van der Waals surface area contributed by atoms with Crippen molar-refractivity contribution in [1.82, 2.24) is 10.6 Å². The number of amides is 2. The van der Waals surface area contributed by atoms with Gasteiger partial charge >= 0.3 is 12.0 Å². The van der Waals surface area contributed by atoms with E-state index in [0.29, 0.717) is 12.5 Å². The third-order valence-corrected chi connectivity index (χ3v) is 2.03. The fourth-order valence-electron chi connectivity index (χ4n) is 1.11. The maximum atomic E-state index is 11.2. The summed E-state index contributed by atoms with van der Waals surface area (Å²) in [7, 11) is 0. The Balaban J connectivity index is 3.69. The van der Waals surface area contributed by atoms with Gasteiger partial charge in [0.05, 0.1) is 6.61 Å². The molecule has 0 saturated carbocycles. The molecule has 6 nitrogen and oxygen atoms in total. The van der Waals surface area contributed by atoms with Crippen LogP contribution in [0, 0.1) is 5.92 Å². The first-order valence-corrected chi connectivity index (χ1v) is 5.35. The van der Waals surface area contributed by atoms with Crippen molar-refractivity contribution in [3.63, 3.8) is 0 Å². The van der Waals surface area contributed by atoms with E-state index in [1.165, 1.54) is 0 Å². The van der Waals surface area contributed by atoms with Crippen molar-refractivity contribution in [3.8, 4) is 0 Å². The summed E-state index contributed by atoms with van der Waals surface area (Å²) in [4.78, 5) is 21.6. The molecule has 0 aliphatic heterocycles. The number of aliphatic hydroxyl groups is 1. The van der Waals surface area contributed by atoms with E-state index in [-0.39, 0.29) is 0 Å². The van der Waals surface area contributed by atoms with Gasteiger partial charge in [-0.3, -0.25) is 0 Å². The third-order valence-electron chi connectivity index (χ3n) is 2.03. The maximum absolute atomic E-state index is 11.2. The monoisotopic (exact) mass is 232 g/mol. The fourth-order valence-corrected chi connectivity index (χ4v) is 1.11. The van der Waals surface area contributed by atoms with Crippen molar-refractivity contribution in [2.24, 2.45) is 5.92 Å². The van der Waals surface area contributed by atoms with E-state index in [1.54, 1.807) is 0 Å². The maximum Gasteiger partial charge on any atom is 0.328 e. The first-order chi connectivity index (χ1) is 7.47. The molecule has 0 aliphatic carbocycles. The molecule has 16 heavy (non-hydrogen) atoms. The second kappa shape index (κ2) is 7.92. The molecule has 1 atom stereocenters. The van der Waals surface area contributed by atoms with Gasteiger partial charge in [0.15, 0.2) is 6.04 Å². The Hall–Kier alpha value is -1.30. The molecule has 0 fully saturated rings. The van der Waals surface area contributed by atoms with Crippen LogP contribution in [0.2, 0.25) is 0 Å². The molecular weight excluding hydrogens is 212 g/mol. The molecule has 0 aromatic carbocycles. The van der Waals surface area contributed by atoms with E-state index in [0.717, 1.165) is 12.8 Å². The topological polar surface area (TPSA) is 98.7 Å². The highest BCUT2D eigenvalue weighted by Crippen LogP contribution is 2.01. The molecular formula is C10H20N2O4. The summed E-state index contributed by atoms with van der Waals surface area (Å²) in [6.45, 7) is 4.06. The number of rotatable bonds is 7. The Morgan fingerprint density at radius 1 is 1.31 bits per heavy atom. The average Bonchev–Trinajstić information content (AvgIpc) is 2.20. The SMILES string of the molecule is CC(C)CCCNC(=O)N[C@H](CO)C(=O)O. The fraction of sp³-hybridized carbons (Fsp3) is 0.800. The lowest BCUT2D eigenvalue weighted by atomic mass is 10.1. The lowest BCUT2D eigenvalue weighted by Gasteiger charge is -2.12. The highest BCUT2D eigenvalue weighted by molar-refractivity contribution is 5.82. The summed E-state index contributed by atoms with van der Waals surface area (Å²) in [5, 5.41) is 21.9. The minimum Gasteiger partial charge on any atom is -0.480 e. The van der Waals surface area contributed by atoms with Crippen LogP contribution in [-0.4, -0.2) is 41.4 Å². The van der Waals surface area contributed by atoms with Gasteiger partial charge in [-0.15, -0.1) is 0 Å². The number of carboxylic acid groups (broad SMARTS) is 1. The van der Waals surface area contributed by atoms with Crippen LogP contribution in [0.15, 0.2) is 0 Å². The van der Waals surface area contributed by atoms with Gasteiger partial charge in [-0.2, -0.15) is 0 Å². The van der Waals surface area contributed by atoms with Gasteiger partial charge in [-0.05, 0) is 18.8 Å². The summed E-state index contributed by atoms with van der Waals surface area (Å²) in [6.07, 6.45) is 1.85. The number of nitrogens with one attached hydrogen (secondary N) is 2. The largest absolute Gasteiger partial charge is 0.480 e. The Bertz CT molecular complexity index is 231. The molecule has 0 unspecified atom stereocenters. The zero-order valence-electron chi connectivity index (χ0n) is 9.69. The minimum absolute atomic E-state index is 0.502. The number of carboxylic acids is 1. The second-order valence-corrected chi connectivity index (χ2v) is 4.01. The van der Waals surface area contributed by atoms with Gasteiger partial charge in [-0.25, -0.2) is 9.59 Å². The second-order valence-electron chi connectivity index (χ2n) is 4.01. The highest BCUT2D eigenvalue weighted by atomic mass is 16.4. The molecule has 94 valence electrons. The van der Waals surface area contributed by atoms with Crippen LogP contribution in [0.1, 0.15) is 26.7 Å². The van der Waals surface area contributed by atoms with Gasteiger partial charge in [0, 0.05) is 6.54 Å². The number of hydrogen-bond donors (Lipinski definition) is 4. The molecule has 0 aliphatic rings. The van der Waals surface area contributed by atoms with E-state index >= 15 is 0 Å². The minimum atomic E-state index is -1.25. The molecule has 0 bridgehead atoms. The molecule has 0 radical (unpaired) electrons. The number of aliphatic hydroxyl groups excluding tert-OH is 1. The van der Waals surface area contributed by atoms with E-state index < -0.39 is 24.6 Å². The Labute approximate surface area is 95.0 Å². The van der Waals surface area contributed by atoms with Crippen molar-refractivity contribution in [2.75, 3.05) is 13.2 Å². The van der Waals surface area contributed by atoms with Crippen molar-refractivity contribution >= 4 is 12.0 Å². The van der Waals surface area contributed by atoms with Crippen molar-refractivity contribution in [3.05, 3.63) is 0 Å². The molecule has 0 aromatic rings. The molecule has 0 spiro atoms. The zero-order chi connectivity index (χ0) is 12.6. The zero-order valence-corrected chi connectivity index (χ0v) is 9.69. The normalized spacial score (nSPS) is 12.2. The van der Waals surface area contributed by atoms with Crippen molar-refractivity contribution < 1.29 is 19.8 Å². The van der Waals surface area contributed by atoms with Gasteiger partial charge in [0.25, 0.3) is 0 Å². The van der Waals surface area contributed by atoms with Crippen molar-refractivity contribution in [1.29, 1.82) is 0 Å². The summed E-state index contributed by atoms with van der Waals surface area (Å²) in [6, 6.07) is -1.81. The van der Waals surface area contributed by atoms with Crippen LogP contribution in [0.4, 0.5) is 4.79 Å². The molecule has 0 rings (SSSR count). The van der Waals surface area contributed by atoms with Crippen LogP contribution in [0.5, 0.6) is 0 Å². The van der Waals surface area contributed by atoms with Crippen LogP contribution >= 0.6 is 0 Å². The summed E-state index contributed by atoms with van der Waals surface area (Å²) in [5.41, 5.74) is 0. The van der Waals surface area contributed by atoms with E-state index in [9.17, 15) is 9.59 Å². The standard InChI is InChI=1S/C10H20N2O4/c1-7(2)4-3-5-11-10(16)12-8(6-13)9(14)15/h7-8,13H,3-6H2,1-2H3,(H,14,15)(H2,11,12,16)/t8-/m1/s1. The Kier molecular flexibility index (Phi) is 7.28. The molecule has 4 N–H and O–H groups in total. The van der Waals surface area contributed by atoms with Crippen LogP contribution in [0.25, 0.3) is 0 Å². The van der Waals surface area contributed by atoms with Gasteiger partial charge < -0.3 is 20.8 Å². The van der Waals surface area contributed by atoms with Crippen LogP contribution < -0.4 is 10.6 Å². The first kappa shape index (κ1) is 14.7. The first-order valence-electron chi connectivity index (χ1n) is 5.35. The van der Waals surface area contributed by atoms with Gasteiger partial charge in [-0.1, -0.05) is 13.8 Å². The van der Waals surface area contributed by atoms with Gasteiger partial charge in [0.1, 0.15) is 0 Å². The number of hydrogen-bond acceptors (Lipinski definition) is 3. The summed E-state index contributed by atoms with van der Waals surface area (Å²) >= 11 is 0. The molecule has 0 saturated heterocycles. The quantitative estimate of drug-likeness (QED) is 0.470. The molecule has 0 aromatic heterocycles.